The molecular formula is C27H34FN5O. The average molecular weight is 464 g/mol. The van der Waals surface area contributed by atoms with Crippen LogP contribution < -0.4 is 5.32 Å². The number of nitrogens with one attached hydrogen (secondary N) is 2. The third-order valence-electron chi connectivity index (χ3n) is 6.61. The first-order valence-electron chi connectivity index (χ1n) is 12.1. The summed E-state index contributed by atoms with van der Waals surface area (Å²) in [5, 5.41) is 10.5. The van der Waals surface area contributed by atoms with Gasteiger partial charge >= 0.3 is 6.03 Å². The standard InChI is InChI=1S/C27H34FN5O/c1-20-7-3-4-8-22(20)19-33-15-12-24(13-16-33)29-27(34)32(2)14-6-11-25-18-26(31-30-25)21-9-5-10-23(28)17-21/h3-5,7-10,17-18,24H,6,11-16,19H2,1-2H3,(H,29,34)(H,30,31). The molecule has 1 aliphatic rings. The molecule has 2 aromatic carbocycles. The predicted octanol–water partition coefficient (Wildman–Crippen LogP) is 4.76. The Morgan fingerprint density at radius 1 is 1.18 bits per heavy atom. The first kappa shape index (κ1) is 24.0. The number of hydrogen-bond acceptors (Lipinski definition) is 3. The predicted molar refractivity (Wildman–Crippen MR) is 133 cm³/mol. The molecule has 1 aromatic heterocycles. The lowest BCUT2D eigenvalue weighted by Gasteiger charge is -2.33. The number of nitrogens with zero attached hydrogens (tertiary/aromatic N) is 3. The quantitative estimate of drug-likeness (QED) is 0.506. The maximum absolute atomic E-state index is 13.4. The number of amides is 2. The highest BCUT2D eigenvalue weighted by Gasteiger charge is 2.22. The molecule has 2 amide bonds. The summed E-state index contributed by atoms with van der Waals surface area (Å²) in [6.45, 7) is 5.79. The van der Waals surface area contributed by atoms with Gasteiger partial charge in [-0.05, 0) is 61.9 Å². The monoisotopic (exact) mass is 463 g/mol. The van der Waals surface area contributed by atoms with E-state index in [1.807, 2.05) is 19.2 Å². The van der Waals surface area contributed by atoms with E-state index in [0.29, 0.717) is 6.54 Å². The summed E-state index contributed by atoms with van der Waals surface area (Å²) >= 11 is 0. The Kier molecular flexibility index (Phi) is 7.95. The first-order chi connectivity index (χ1) is 16.5. The van der Waals surface area contributed by atoms with E-state index in [4.69, 9.17) is 0 Å². The second-order valence-corrected chi connectivity index (χ2v) is 9.24. The SMILES string of the molecule is Cc1ccccc1CN1CCC(NC(=O)N(C)CCCc2cc(-c3cccc(F)c3)n[nH]2)CC1. The molecule has 1 fully saturated rings. The topological polar surface area (TPSA) is 64.3 Å². The summed E-state index contributed by atoms with van der Waals surface area (Å²) in [4.78, 5) is 16.9. The largest absolute Gasteiger partial charge is 0.335 e. The highest BCUT2D eigenvalue weighted by molar-refractivity contribution is 5.74. The van der Waals surface area contributed by atoms with Gasteiger partial charge in [-0.25, -0.2) is 9.18 Å². The van der Waals surface area contributed by atoms with E-state index in [0.717, 1.165) is 62.3 Å². The van der Waals surface area contributed by atoms with E-state index in [1.54, 1.807) is 11.0 Å². The second kappa shape index (κ2) is 11.3. The van der Waals surface area contributed by atoms with E-state index in [2.05, 4.69) is 51.6 Å². The van der Waals surface area contributed by atoms with E-state index in [-0.39, 0.29) is 17.9 Å². The molecule has 1 aliphatic heterocycles. The van der Waals surface area contributed by atoms with E-state index in [1.165, 1.54) is 23.3 Å². The highest BCUT2D eigenvalue weighted by atomic mass is 19.1. The molecular weight excluding hydrogens is 429 g/mol. The summed E-state index contributed by atoms with van der Waals surface area (Å²) in [6.07, 6.45) is 3.55. The highest BCUT2D eigenvalue weighted by Crippen LogP contribution is 2.19. The molecule has 2 heterocycles. The molecule has 0 atom stereocenters. The van der Waals surface area contributed by atoms with Crippen LogP contribution in [0.2, 0.25) is 0 Å². The van der Waals surface area contributed by atoms with Crippen molar-refractivity contribution in [2.45, 2.75) is 45.2 Å². The lowest BCUT2D eigenvalue weighted by molar-refractivity contribution is 0.174. The Bertz CT molecular complexity index is 1090. The van der Waals surface area contributed by atoms with Crippen LogP contribution in [0.5, 0.6) is 0 Å². The van der Waals surface area contributed by atoms with Gasteiger partial charge in [0.1, 0.15) is 5.82 Å². The minimum absolute atomic E-state index is 0.0117. The molecule has 7 heteroatoms. The number of aromatic nitrogens is 2. The van der Waals surface area contributed by atoms with Crippen molar-refractivity contribution in [1.82, 2.24) is 25.3 Å². The van der Waals surface area contributed by atoms with Gasteiger partial charge in [-0.3, -0.25) is 10.00 Å². The molecule has 180 valence electrons. The van der Waals surface area contributed by atoms with Crippen molar-refractivity contribution in [3.05, 3.63) is 77.2 Å². The van der Waals surface area contributed by atoms with Gasteiger partial charge in [0, 0.05) is 50.5 Å². The number of aromatic amines is 1. The Morgan fingerprint density at radius 3 is 2.74 bits per heavy atom. The lowest BCUT2D eigenvalue weighted by Crippen LogP contribution is -2.48. The number of urea groups is 1. The minimum Gasteiger partial charge on any atom is -0.335 e. The number of benzene rings is 2. The maximum Gasteiger partial charge on any atom is 0.317 e. The van der Waals surface area contributed by atoms with Crippen LogP contribution in [0.15, 0.2) is 54.6 Å². The van der Waals surface area contributed by atoms with E-state index >= 15 is 0 Å². The lowest BCUT2D eigenvalue weighted by atomic mass is 10.0. The Balaban J connectivity index is 1.16. The molecule has 1 saturated heterocycles. The van der Waals surface area contributed by atoms with Crippen molar-refractivity contribution in [1.29, 1.82) is 0 Å². The number of rotatable bonds is 8. The van der Waals surface area contributed by atoms with Gasteiger partial charge in [0.25, 0.3) is 0 Å². The van der Waals surface area contributed by atoms with Gasteiger partial charge in [0.05, 0.1) is 5.69 Å². The molecule has 4 rings (SSSR count). The van der Waals surface area contributed by atoms with Crippen LogP contribution in [0, 0.1) is 12.7 Å². The number of hydrogen-bond donors (Lipinski definition) is 2. The van der Waals surface area contributed by atoms with Crippen molar-refractivity contribution >= 4 is 6.03 Å². The van der Waals surface area contributed by atoms with Gasteiger partial charge in [-0.2, -0.15) is 5.10 Å². The molecule has 0 aliphatic carbocycles. The van der Waals surface area contributed by atoms with Crippen molar-refractivity contribution in [3.63, 3.8) is 0 Å². The van der Waals surface area contributed by atoms with Crippen LogP contribution in [-0.4, -0.2) is 58.8 Å². The van der Waals surface area contributed by atoms with Crippen molar-refractivity contribution in [2.24, 2.45) is 0 Å². The van der Waals surface area contributed by atoms with Gasteiger partial charge in [0.15, 0.2) is 0 Å². The number of carbonyl (C=O) groups is 1. The Labute approximate surface area is 201 Å². The summed E-state index contributed by atoms with van der Waals surface area (Å²) in [5.41, 5.74) is 5.18. The Morgan fingerprint density at radius 2 is 1.97 bits per heavy atom. The normalized spacial score (nSPS) is 14.8. The fourth-order valence-electron chi connectivity index (χ4n) is 4.44. The van der Waals surface area contributed by atoms with Crippen molar-refractivity contribution in [2.75, 3.05) is 26.7 Å². The molecule has 6 nitrogen and oxygen atoms in total. The number of H-pyrrole nitrogens is 1. The number of piperidine rings is 1. The average Bonchev–Trinajstić information content (AvgIpc) is 3.31. The molecule has 34 heavy (non-hydrogen) atoms. The fourth-order valence-corrected chi connectivity index (χ4v) is 4.44. The van der Waals surface area contributed by atoms with Crippen LogP contribution in [0.3, 0.4) is 0 Å². The van der Waals surface area contributed by atoms with E-state index in [9.17, 15) is 9.18 Å². The third kappa shape index (κ3) is 6.44. The van der Waals surface area contributed by atoms with Crippen LogP contribution in [0.4, 0.5) is 9.18 Å². The summed E-state index contributed by atoms with van der Waals surface area (Å²) in [5.74, 6) is -0.272. The molecule has 0 radical (unpaired) electrons. The van der Waals surface area contributed by atoms with Crippen molar-refractivity contribution < 1.29 is 9.18 Å². The second-order valence-electron chi connectivity index (χ2n) is 9.24. The molecule has 2 N–H and O–H groups in total. The number of carbonyl (C=O) groups excluding carboxylic acids is 1. The van der Waals surface area contributed by atoms with Crippen LogP contribution in [0.1, 0.15) is 36.1 Å². The molecule has 0 unspecified atom stereocenters. The Hall–Kier alpha value is -3.19. The van der Waals surface area contributed by atoms with Gasteiger partial charge in [-0.15, -0.1) is 0 Å². The van der Waals surface area contributed by atoms with Gasteiger partial charge in [0.2, 0.25) is 0 Å². The number of likely N-dealkylation sites (tertiary alicyclic amines) is 1. The third-order valence-corrected chi connectivity index (χ3v) is 6.61. The minimum atomic E-state index is -0.272. The summed E-state index contributed by atoms with van der Waals surface area (Å²) in [7, 11) is 1.84. The van der Waals surface area contributed by atoms with Gasteiger partial charge in [-0.1, -0.05) is 36.4 Å². The molecule has 0 saturated carbocycles. The van der Waals surface area contributed by atoms with Crippen LogP contribution >= 0.6 is 0 Å². The summed E-state index contributed by atoms with van der Waals surface area (Å²) in [6, 6.07) is 17.1. The molecule has 0 bridgehead atoms. The number of aryl methyl sites for hydroxylation is 2. The molecule has 0 spiro atoms. The zero-order valence-corrected chi connectivity index (χ0v) is 20.1. The first-order valence-corrected chi connectivity index (χ1v) is 12.1. The van der Waals surface area contributed by atoms with Crippen LogP contribution in [-0.2, 0) is 13.0 Å². The smallest absolute Gasteiger partial charge is 0.317 e. The zero-order valence-electron chi connectivity index (χ0n) is 20.1. The van der Waals surface area contributed by atoms with Crippen LogP contribution in [0.25, 0.3) is 11.3 Å². The fraction of sp³-hybridized carbons (Fsp3) is 0.407. The van der Waals surface area contributed by atoms with Gasteiger partial charge < -0.3 is 10.2 Å². The zero-order chi connectivity index (χ0) is 23.9. The summed E-state index contributed by atoms with van der Waals surface area (Å²) < 4.78 is 13.4. The van der Waals surface area contributed by atoms with E-state index < -0.39 is 0 Å². The molecule has 3 aromatic rings. The van der Waals surface area contributed by atoms with Crippen molar-refractivity contribution in [3.8, 4) is 11.3 Å². The number of halogens is 1. The maximum atomic E-state index is 13.4.